The van der Waals surface area contributed by atoms with Crippen LogP contribution >= 0.6 is 0 Å². The van der Waals surface area contributed by atoms with Gasteiger partial charge in [0.1, 0.15) is 36.6 Å². The van der Waals surface area contributed by atoms with Crippen LogP contribution in [0.4, 0.5) is 0 Å². The Balaban J connectivity index is 1.48. The number of aliphatic hydroxyl groups excluding tert-OH is 1. The Bertz CT molecular complexity index is 1710. The molecule has 2 aliphatic heterocycles. The van der Waals surface area contributed by atoms with Crippen molar-refractivity contribution in [2.45, 2.75) is 166 Å². The summed E-state index contributed by atoms with van der Waals surface area (Å²) in [4.78, 5) is 0. The van der Waals surface area contributed by atoms with E-state index in [0.717, 1.165) is 29.5 Å². The molecular weight excluding hydrogens is 761 g/mol. The van der Waals surface area contributed by atoms with Crippen molar-refractivity contribution in [3.8, 4) is 11.8 Å². The maximum absolute atomic E-state index is 11.6. The van der Waals surface area contributed by atoms with Crippen molar-refractivity contribution in [1.29, 1.82) is 0 Å². The largest absolute Gasteiger partial charge is 0.411 e. The van der Waals surface area contributed by atoms with Gasteiger partial charge in [0.15, 0.2) is 16.6 Å². The molecule has 0 saturated carbocycles. The quantitative estimate of drug-likeness (QED) is 0.113. The van der Waals surface area contributed by atoms with Gasteiger partial charge in [-0.25, -0.2) is 0 Å². The molecule has 58 heavy (non-hydrogen) atoms. The van der Waals surface area contributed by atoms with Gasteiger partial charge in [-0.15, -0.1) is 0 Å². The van der Waals surface area contributed by atoms with Crippen molar-refractivity contribution in [3.05, 3.63) is 108 Å². The van der Waals surface area contributed by atoms with E-state index in [9.17, 15) is 5.11 Å². The molecule has 0 unspecified atom stereocenters. The van der Waals surface area contributed by atoms with Gasteiger partial charge >= 0.3 is 0 Å². The van der Waals surface area contributed by atoms with Crippen LogP contribution in [0.1, 0.15) is 77.5 Å². The first kappa shape index (κ1) is 46.4. The molecule has 2 fully saturated rings. The molecule has 10 heteroatoms. The summed E-state index contributed by atoms with van der Waals surface area (Å²) in [5.74, 6) is 6.51. The van der Waals surface area contributed by atoms with E-state index in [0.29, 0.717) is 32.8 Å². The molecule has 0 bridgehead atoms. The van der Waals surface area contributed by atoms with Gasteiger partial charge in [-0.1, -0.05) is 144 Å². The highest BCUT2D eigenvalue weighted by Gasteiger charge is 2.52. The summed E-state index contributed by atoms with van der Waals surface area (Å²) in [7, 11) is -4.52. The Kier molecular flexibility index (Phi) is 16.6. The van der Waals surface area contributed by atoms with E-state index < -0.39 is 59.4 Å². The summed E-state index contributed by atoms with van der Waals surface area (Å²) >= 11 is 0. The van der Waals surface area contributed by atoms with E-state index in [4.69, 9.17) is 32.5 Å². The minimum absolute atomic E-state index is 0.0340. The molecule has 0 radical (unpaired) electrons. The van der Waals surface area contributed by atoms with Crippen LogP contribution in [0.2, 0.25) is 36.3 Å². The second kappa shape index (κ2) is 20.7. The summed E-state index contributed by atoms with van der Waals surface area (Å²) in [5.41, 5.74) is 3.19. The standard InChI is InChI=1S/C48H70O8Si2/c1-47(2,3)57(7,8)55-41-30-21-31-51-43(41)39(49)28-20-29-40-45(56-58(9,10)48(4,5)6)46(53-34-38-26-18-13-19-27-38)44(52-33-37-24-16-12-17-25-37)42(54-40)35-50-32-36-22-14-11-15-23-36/h11-19,22-27,39-46,49H,21,29-35H2,1-10H3/t39-,40-,41-,42+,43+,44+,45-,46-/m0/s1. The summed E-state index contributed by atoms with van der Waals surface area (Å²) in [6.07, 6.45) is -2.27. The Hall–Kier alpha value is -2.67. The van der Waals surface area contributed by atoms with E-state index in [1.54, 1.807) is 0 Å². The zero-order valence-corrected chi connectivity index (χ0v) is 38.7. The molecule has 5 rings (SSSR count). The van der Waals surface area contributed by atoms with Crippen molar-refractivity contribution in [1.82, 2.24) is 0 Å². The number of hydrogen-bond donors (Lipinski definition) is 1. The molecule has 8 nitrogen and oxygen atoms in total. The topological polar surface area (TPSA) is 84.8 Å². The summed E-state index contributed by atoms with van der Waals surface area (Å²) in [6.45, 7) is 24.4. The monoisotopic (exact) mass is 830 g/mol. The van der Waals surface area contributed by atoms with Gasteiger partial charge in [0.05, 0.1) is 38.6 Å². The van der Waals surface area contributed by atoms with Gasteiger partial charge in [0.25, 0.3) is 0 Å². The van der Waals surface area contributed by atoms with Gasteiger partial charge < -0.3 is 37.6 Å². The molecule has 0 aliphatic carbocycles. The highest BCUT2D eigenvalue weighted by molar-refractivity contribution is 6.74. The molecule has 2 saturated heterocycles. The van der Waals surface area contributed by atoms with Crippen molar-refractivity contribution in [2.24, 2.45) is 0 Å². The van der Waals surface area contributed by atoms with Crippen LogP contribution in [-0.4, -0.2) is 83.8 Å². The number of ether oxygens (including phenoxy) is 5. The fraction of sp³-hybridized carbons (Fsp3) is 0.583. The third kappa shape index (κ3) is 12.9. The van der Waals surface area contributed by atoms with Crippen LogP contribution in [0.5, 0.6) is 0 Å². The predicted molar refractivity (Wildman–Crippen MR) is 236 cm³/mol. The molecule has 0 amide bonds. The van der Waals surface area contributed by atoms with Gasteiger partial charge in [0, 0.05) is 13.0 Å². The molecule has 318 valence electrons. The van der Waals surface area contributed by atoms with Gasteiger partial charge in [0.2, 0.25) is 0 Å². The third-order valence-corrected chi connectivity index (χ3v) is 21.3. The predicted octanol–water partition coefficient (Wildman–Crippen LogP) is 9.86. The molecule has 2 heterocycles. The van der Waals surface area contributed by atoms with Crippen LogP contribution in [0.25, 0.3) is 0 Å². The molecular formula is C48H70O8Si2. The first-order valence-electron chi connectivity index (χ1n) is 21.2. The average molecular weight is 831 g/mol. The number of benzene rings is 3. The van der Waals surface area contributed by atoms with Crippen molar-refractivity contribution >= 4 is 16.6 Å². The van der Waals surface area contributed by atoms with Crippen LogP contribution < -0.4 is 0 Å². The lowest BCUT2D eigenvalue weighted by molar-refractivity contribution is -0.256. The smallest absolute Gasteiger partial charge is 0.192 e. The van der Waals surface area contributed by atoms with Crippen LogP contribution in [-0.2, 0) is 52.4 Å². The van der Waals surface area contributed by atoms with Crippen molar-refractivity contribution in [2.75, 3.05) is 13.2 Å². The second-order valence-electron chi connectivity index (χ2n) is 18.9. The summed E-state index contributed by atoms with van der Waals surface area (Å²) < 4.78 is 47.6. The SMILES string of the molecule is CC(C)(C)[Si](C)(C)O[C@@H]1[C@@H](OCc2ccccc2)[C@H](OCc2ccccc2)[C@@H](COCc2ccccc2)O[C@H]1CC#C[C@H](O)[C@H]1OCCC[C@@H]1O[Si](C)(C)C(C)(C)C. The zero-order valence-electron chi connectivity index (χ0n) is 36.7. The molecule has 0 aromatic heterocycles. The molecule has 3 aromatic rings. The highest BCUT2D eigenvalue weighted by Crippen LogP contribution is 2.42. The number of aliphatic hydroxyl groups is 1. The molecule has 3 aromatic carbocycles. The number of rotatable bonds is 16. The summed E-state index contributed by atoms with van der Waals surface area (Å²) in [6, 6.07) is 30.5. The first-order valence-corrected chi connectivity index (χ1v) is 27.0. The normalized spacial score (nSPS) is 25.1. The Labute approximate surface area is 351 Å². The Morgan fingerprint density at radius 1 is 0.672 bits per heavy atom. The molecule has 8 atom stereocenters. The zero-order chi connectivity index (χ0) is 42.0. The first-order chi connectivity index (χ1) is 27.4. The minimum atomic E-state index is -2.40. The lowest BCUT2D eigenvalue weighted by Gasteiger charge is -2.50. The van der Waals surface area contributed by atoms with E-state index in [1.807, 2.05) is 54.6 Å². The highest BCUT2D eigenvalue weighted by atomic mass is 28.4. The van der Waals surface area contributed by atoms with Crippen molar-refractivity contribution in [3.63, 3.8) is 0 Å². The Morgan fingerprint density at radius 3 is 1.71 bits per heavy atom. The summed E-state index contributed by atoms with van der Waals surface area (Å²) in [5, 5.41) is 11.5. The van der Waals surface area contributed by atoms with E-state index in [-0.39, 0.29) is 22.8 Å². The van der Waals surface area contributed by atoms with E-state index >= 15 is 0 Å². The molecule has 1 N–H and O–H groups in total. The Morgan fingerprint density at radius 2 is 1.17 bits per heavy atom. The fourth-order valence-electron chi connectivity index (χ4n) is 6.84. The van der Waals surface area contributed by atoms with Crippen molar-refractivity contribution < 1.29 is 37.6 Å². The van der Waals surface area contributed by atoms with Crippen LogP contribution in [0.15, 0.2) is 91.0 Å². The lowest BCUT2D eigenvalue weighted by atomic mass is 9.92. The van der Waals surface area contributed by atoms with Gasteiger partial charge in [-0.05, 0) is 65.8 Å². The molecule has 0 spiro atoms. The fourth-order valence-corrected chi connectivity index (χ4v) is 9.52. The maximum Gasteiger partial charge on any atom is 0.192 e. The van der Waals surface area contributed by atoms with E-state index in [2.05, 4.69) is 116 Å². The minimum Gasteiger partial charge on any atom is -0.411 e. The van der Waals surface area contributed by atoms with Gasteiger partial charge in [-0.3, -0.25) is 0 Å². The lowest BCUT2D eigenvalue weighted by Crippen LogP contribution is -2.63. The van der Waals surface area contributed by atoms with Gasteiger partial charge in [-0.2, -0.15) is 0 Å². The second-order valence-corrected chi connectivity index (χ2v) is 28.5. The van der Waals surface area contributed by atoms with E-state index in [1.165, 1.54) is 0 Å². The average Bonchev–Trinajstić information content (AvgIpc) is 3.18. The van der Waals surface area contributed by atoms with Crippen LogP contribution in [0, 0.1) is 11.8 Å². The maximum atomic E-state index is 11.6. The van der Waals surface area contributed by atoms with Crippen LogP contribution in [0.3, 0.4) is 0 Å². The number of hydrogen-bond acceptors (Lipinski definition) is 8. The molecule has 2 aliphatic rings. The third-order valence-electron chi connectivity index (χ3n) is 12.4.